The fraction of sp³-hybridized carbons (Fsp3) is 0.444. The second-order valence-electron chi connectivity index (χ2n) is 2.79. The van der Waals surface area contributed by atoms with Crippen LogP contribution >= 0.6 is 0 Å². The maximum absolute atomic E-state index is 10.9. The Bertz CT molecular complexity index is 231. The van der Waals surface area contributed by atoms with E-state index in [1.54, 1.807) is 0 Å². The van der Waals surface area contributed by atoms with E-state index in [-0.39, 0.29) is 5.97 Å². The van der Waals surface area contributed by atoms with Crippen molar-refractivity contribution in [1.29, 1.82) is 0 Å². The molecule has 0 radical (unpaired) electrons. The van der Waals surface area contributed by atoms with Gasteiger partial charge in [-0.05, 0) is 18.2 Å². The maximum Gasteiger partial charge on any atom is 0.309 e. The Hall–Kier alpha value is -1.25. The van der Waals surface area contributed by atoms with Gasteiger partial charge >= 0.3 is 5.97 Å². The van der Waals surface area contributed by atoms with Crippen molar-refractivity contribution in [3.63, 3.8) is 0 Å². The van der Waals surface area contributed by atoms with Crippen LogP contribution in [0.3, 0.4) is 0 Å². The Labute approximate surface area is 72.3 Å². The van der Waals surface area contributed by atoms with Gasteiger partial charge in [0.15, 0.2) is 0 Å². The number of hydrogen-bond acceptors (Lipinski definition) is 3. The lowest BCUT2D eigenvalue weighted by molar-refractivity contribution is -0.139. The smallest absolute Gasteiger partial charge is 0.309 e. The van der Waals surface area contributed by atoms with Crippen LogP contribution in [0, 0.1) is 0 Å². The maximum atomic E-state index is 10.9. The summed E-state index contributed by atoms with van der Waals surface area (Å²) >= 11 is 0. The Morgan fingerprint density at radius 3 is 3.08 bits per heavy atom. The van der Waals surface area contributed by atoms with E-state index < -0.39 is 0 Å². The van der Waals surface area contributed by atoms with E-state index in [2.05, 4.69) is 4.74 Å². The van der Waals surface area contributed by atoms with Crippen LogP contribution in [0.4, 0.5) is 0 Å². The van der Waals surface area contributed by atoms with Crippen molar-refractivity contribution in [2.24, 2.45) is 0 Å². The van der Waals surface area contributed by atoms with Crippen LogP contribution in [0.1, 0.15) is 12.8 Å². The topological polar surface area (TPSA) is 29.5 Å². The summed E-state index contributed by atoms with van der Waals surface area (Å²) in [5.74, 6) is -0.176. The molecule has 0 bridgehead atoms. The van der Waals surface area contributed by atoms with E-state index in [1.165, 1.54) is 7.11 Å². The fourth-order valence-corrected chi connectivity index (χ4v) is 1.13. The van der Waals surface area contributed by atoms with Gasteiger partial charge in [-0.25, -0.2) is 0 Å². The average molecular weight is 167 g/mol. The molecule has 0 amide bonds. The van der Waals surface area contributed by atoms with Crippen LogP contribution in [0.2, 0.25) is 0 Å². The summed E-state index contributed by atoms with van der Waals surface area (Å²) < 4.78 is 4.57. The molecule has 3 nitrogen and oxygen atoms in total. The lowest BCUT2D eigenvalue weighted by atomic mass is 10.1. The third kappa shape index (κ3) is 2.42. The summed E-state index contributed by atoms with van der Waals surface area (Å²) in [7, 11) is 3.35. The van der Waals surface area contributed by atoms with Crippen LogP contribution in [-0.2, 0) is 9.53 Å². The SMILES string of the molecule is COC(=O)CC1=CN(C)C=CC1. The lowest BCUT2D eigenvalue weighted by Gasteiger charge is -2.15. The van der Waals surface area contributed by atoms with Gasteiger partial charge < -0.3 is 9.64 Å². The molecule has 1 heterocycles. The molecule has 1 rings (SSSR count). The van der Waals surface area contributed by atoms with E-state index in [9.17, 15) is 4.79 Å². The number of allylic oxidation sites excluding steroid dienone is 1. The minimum absolute atomic E-state index is 0.176. The highest BCUT2D eigenvalue weighted by molar-refractivity contribution is 5.72. The predicted octanol–water partition coefficient (Wildman–Crippen LogP) is 1.28. The van der Waals surface area contributed by atoms with Crippen molar-refractivity contribution in [3.05, 3.63) is 24.0 Å². The number of methoxy groups -OCH3 is 1. The number of ether oxygens (including phenoxy) is 1. The fourth-order valence-electron chi connectivity index (χ4n) is 1.13. The highest BCUT2D eigenvalue weighted by atomic mass is 16.5. The van der Waals surface area contributed by atoms with Crippen LogP contribution < -0.4 is 0 Å². The molecule has 0 saturated carbocycles. The lowest BCUT2D eigenvalue weighted by Crippen LogP contribution is -2.09. The van der Waals surface area contributed by atoms with Crippen molar-refractivity contribution in [3.8, 4) is 0 Å². The Balaban J connectivity index is 2.48. The minimum Gasteiger partial charge on any atom is -0.469 e. The molecule has 0 atom stereocenters. The molecule has 12 heavy (non-hydrogen) atoms. The molecule has 0 aliphatic carbocycles. The molecular formula is C9H13NO2. The number of nitrogens with zero attached hydrogens (tertiary/aromatic N) is 1. The Kier molecular flexibility index (Phi) is 2.91. The standard InChI is InChI=1S/C9H13NO2/c1-10-5-3-4-8(7-10)6-9(11)12-2/h3,5,7H,4,6H2,1-2H3. The third-order valence-corrected chi connectivity index (χ3v) is 1.71. The van der Waals surface area contributed by atoms with Crippen LogP contribution in [0.5, 0.6) is 0 Å². The highest BCUT2D eigenvalue weighted by Crippen LogP contribution is 2.14. The van der Waals surface area contributed by atoms with Crippen molar-refractivity contribution in [1.82, 2.24) is 4.90 Å². The van der Waals surface area contributed by atoms with E-state index in [0.29, 0.717) is 6.42 Å². The monoisotopic (exact) mass is 167 g/mol. The number of esters is 1. The molecule has 0 aromatic carbocycles. The third-order valence-electron chi connectivity index (χ3n) is 1.71. The van der Waals surface area contributed by atoms with Gasteiger partial charge in [-0.3, -0.25) is 4.79 Å². The number of hydrogen-bond donors (Lipinski definition) is 0. The van der Waals surface area contributed by atoms with Gasteiger partial charge in [-0.2, -0.15) is 0 Å². The van der Waals surface area contributed by atoms with Crippen LogP contribution in [0.25, 0.3) is 0 Å². The van der Waals surface area contributed by atoms with Crippen molar-refractivity contribution >= 4 is 5.97 Å². The predicted molar refractivity (Wildman–Crippen MR) is 46.2 cm³/mol. The molecule has 1 aliphatic heterocycles. The van der Waals surface area contributed by atoms with Gasteiger partial charge in [0.1, 0.15) is 0 Å². The number of rotatable bonds is 2. The molecule has 0 aromatic rings. The van der Waals surface area contributed by atoms with Crippen molar-refractivity contribution < 1.29 is 9.53 Å². The number of carbonyl (C=O) groups is 1. The second kappa shape index (κ2) is 3.95. The summed E-state index contributed by atoms with van der Waals surface area (Å²) in [6.07, 6.45) is 7.20. The van der Waals surface area contributed by atoms with E-state index in [4.69, 9.17) is 0 Å². The summed E-state index contributed by atoms with van der Waals surface area (Å²) in [4.78, 5) is 12.8. The first kappa shape index (κ1) is 8.84. The summed E-state index contributed by atoms with van der Waals surface area (Å²) in [5.41, 5.74) is 1.09. The van der Waals surface area contributed by atoms with Gasteiger partial charge in [0, 0.05) is 13.2 Å². The highest BCUT2D eigenvalue weighted by Gasteiger charge is 2.07. The van der Waals surface area contributed by atoms with Crippen LogP contribution in [0.15, 0.2) is 24.0 Å². The minimum atomic E-state index is -0.176. The largest absolute Gasteiger partial charge is 0.469 e. The Morgan fingerprint density at radius 1 is 1.75 bits per heavy atom. The molecule has 0 unspecified atom stereocenters. The van der Waals surface area contributed by atoms with Crippen molar-refractivity contribution in [2.45, 2.75) is 12.8 Å². The van der Waals surface area contributed by atoms with Gasteiger partial charge in [0.25, 0.3) is 0 Å². The van der Waals surface area contributed by atoms with Gasteiger partial charge in [-0.1, -0.05) is 6.08 Å². The molecule has 0 N–H and O–H groups in total. The van der Waals surface area contributed by atoms with Gasteiger partial charge in [0.2, 0.25) is 0 Å². The zero-order chi connectivity index (χ0) is 8.97. The molecule has 3 heteroatoms. The zero-order valence-corrected chi connectivity index (χ0v) is 7.41. The van der Waals surface area contributed by atoms with E-state index in [0.717, 1.165) is 12.0 Å². The zero-order valence-electron chi connectivity index (χ0n) is 7.41. The van der Waals surface area contributed by atoms with Crippen molar-refractivity contribution in [2.75, 3.05) is 14.2 Å². The van der Waals surface area contributed by atoms with Gasteiger partial charge in [-0.15, -0.1) is 0 Å². The molecule has 0 spiro atoms. The normalized spacial score (nSPS) is 15.8. The number of carbonyl (C=O) groups excluding carboxylic acids is 1. The van der Waals surface area contributed by atoms with Gasteiger partial charge in [0.05, 0.1) is 13.5 Å². The van der Waals surface area contributed by atoms with Crippen LogP contribution in [-0.4, -0.2) is 25.0 Å². The molecule has 0 fully saturated rings. The molecular weight excluding hydrogens is 154 g/mol. The Morgan fingerprint density at radius 2 is 2.50 bits per heavy atom. The molecule has 0 saturated heterocycles. The second-order valence-corrected chi connectivity index (χ2v) is 2.79. The summed E-state index contributed by atoms with van der Waals surface area (Å²) in [6.45, 7) is 0. The first-order chi connectivity index (χ1) is 5.72. The average Bonchev–Trinajstić information content (AvgIpc) is 2.04. The van der Waals surface area contributed by atoms with E-state index >= 15 is 0 Å². The summed E-state index contributed by atoms with van der Waals surface area (Å²) in [6, 6.07) is 0. The van der Waals surface area contributed by atoms with E-state index in [1.807, 2.05) is 30.4 Å². The summed E-state index contributed by atoms with van der Waals surface area (Å²) in [5, 5.41) is 0. The first-order valence-corrected chi connectivity index (χ1v) is 3.87. The molecule has 1 aliphatic rings. The molecule has 66 valence electrons. The molecule has 0 aromatic heterocycles. The quantitative estimate of drug-likeness (QED) is 0.580. The first-order valence-electron chi connectivity index (χ1n) is 3.87.